The molecule has 0 spiro atoms. The van der Waals surface area contributed by atoms with E-state index in [4.69, 9.17) is 18.9 Å². The number of Topliss-reactive ketones (excluding diaryl/α,β-unsaturated/α-hetero) is 1. The summed E-state index contributed by atoms with van der Waals surface area (Å²) in [7, 11) is 1.55. The lowest BCUT2D eigenvalue weighted by atomic mass is 9.95. The van der Waals surface area contributed by atoms with Crippen molar-refractivity contribution in [3.63, 3.8) is 0 Å². The number of likely N-dealkylation sites (tertiary alicyclic amines) is 1. The third-order valence-electron chi connectivity index (χ3n) is 6.71. The maximum atomic E-state index is 13.4. The molecule has 2 saturated heterocycles. The Kier molecular flexibility index (Phi) is 9.25. The second kappa shape index (κ2) is 12.8. The Morgan fingerprint density at radius 3 is 2.39 bits per heavy atom. The Labute approximate surface area is 223 Å². The van der Waals surface area contributed by atoms with E-state index in [1.165, 1.54) is 0 Å². The standard InChI is InChI=1S/C29H36N2O7/c1-4-16-38-23-11-8-21(19-24(23)37-5-2)26-25(27(32)20-6-9-22(35-3)10-7-20)28(33)29(34)31(26)13-12-30-14-17-36-18-15-30/h6-11,19,26,32H,4-5,12-18H2,1-3H3/b27-25+. The zero-order chi connectivity index (χ0) is 27.1. The minimum atomic E-state index is -0.780. The minimum absolute atomic E-state index is 0.0480. The Balaban J connectivity index is 1.76. The van der Waals surface area contributed by atoms with Gasteiger partial charge in [-0.05, 0) is 55.3 Å². The number of aliphatic hydroxyl groups excluding tert-OH is 1. The number of hydrogen-bond donors (Lipinski definition) is 1. The van der Waals surface area contributed by atoms with Crippen LogP contribution in [0.25, 0.3) is 5.76 Å². The fourth-order valence-electron chi connectivity index (χ4n) is 4.73. The van der Waals surface area contributed by atoms with Crippen LogP contribution in [-0.2, 0) is 14.3 Å². The van der Waals surface area contributed by atoms with E-state index in [1.807, 2.05) is 19.9 Å². The van der Waals surface area contributed by atoms with Gasteiger partial charge in [-0.1, -0.05) is 13.0 Å². The van der Waals surface area contributed by atoms with E-state index in [1.54, 1.807) is 48.4 Å². The lowest BCUT2D eigenvalue weighted by molar-refractivity contribution is -0.140. The molecule has 0 bridgehead atoms. The van der Waals surface area contributed by atoms with Gasteiger partial charge in [-0.15, -0.1) is 0 Å². The second-order valence-corrected chi connectivity index (χ2v) is 9.16. The predicted octanol–water partition coefficient (Wildman–Crippen LogP) is 3.64. The largest absolute Gasteiger partial charge is 0.507 e. The molecule has 2 aromatic rings. The number of ether oxygens (including phenoxy) is 4. The molecule has 0 aromatic heterocycles. The van der Waals surface area contributed by atoms with Crippen LogP contribution in [0.2, 0.25) is 0 Å². The Morgan fingerprint density at radius 2 is 1.74 bits per heavy atom. The first-order valence-electron chi connectivity index (χ1n) is 13.1. The summed E-state index contributed by atoms with van der Waals surface area (Å²) >= 11 is 0. The molecule has 2 fully saturated rings. The third kappa shape index (κ3) is 5.95. The van der Waals surface area contributed by atoms with Crippen LogP contribution in [0.15, 0.2) is 48.0 Å². The van der Waals surface area contributed by atoms with Crippen molar-refractivity contribution in [2.24, 2.45) is 0 Å². The highest BCUT2D eigenvalue weighted by Crippen LogP contribution is 2.42. The topological polar surface area (TPSA) is 97.8 Å². The van der Waals surface area contributed by atoms with E-state index in [9.17, 15) is 14.7 Å². The van der Waals surface area contributed by atoms with Gasteiger partial charge in [0.05, 0.1) is 45.2 Å². The molecule has 0 saturated carbocycles. The molecule has 2 aliphatic heterocycles. The van der Waals surface area contributed by atoms with E-state index in [-0.39, 0.29) is 11.3 Å². The average Bonchev–Trinajstić information content (AvgIpc) is 3.20. The molecule has 1 unspecified atom stereocenters. The van der Waals surface area contributed by atoms with Gasteiger partial charge >= 0.3 is 0 Å². The normalized spacial score (nSPS) is 19.6. The van der Waals surface area contributed by atoms with Gasteiger partial charge in [0.2, 0.25) is 0 Å². The van der Waals surface area contributed by atoms with E-state index in [0.717, 1.165) is 19.5 Å². The van der Waals surface area contributed by atoms with E-state index in [0.29, 0.717) is 67.9 Å². The molecular formula is C29H36N2O7. The number of ketones is 1. The van der Waals surface area contributed by atoms with Crippen LogP contribution in [0.4, 0.5) is 0 Å². The summed E-state index contributed by atoms with van der Waals surface area (Å²) in [5.74, 6) is 0.166. The second-order valence-electron chi connectivity index (χ2n) is 9.16. The molecule has 4 rings (SSSR count). The number of hydrogen-bond acceptors (Lipinski definition) is 8. The molecule has 1 N–H and O–H groups in total. The summed E-state index contributed by atoms with van der Waals surface area (Å²) < 4.78 is 22.4. The van der Waals surface area contributed by atoms with Crippen molar-refractivity contribution in [3.05, 3.63) is 59.2 Å². The lowest BCUT2D eigenvalue weighted by Crippen LogP contribution is -2.42. The van der Waals surface area contributed by atoms with E-state index >= 15 is 0 Å². The van der Waals surface area contributed by atoms with E-state index in [2.05, 4.69) is 4.90 Å². The van der Waals surface area contributed by atoms with Crippen molar-refractivity contribution in [3.8, 4) is 17.2 Å². The fraction of sp³-hybridized carbons (Fsp3) is 0.448. The lowest BCUT2D eigenvalue weighted by Gasteiger charge is -2.31. The van der Waals surface area contributed by atoms with Crippen LogP contribution in [-0.4, -0.2) is 86.3 Å². The van der Waals surface area contributed by atoms with Crippen LogP contribution >= 0.6 is 0 Å². The maximum Gasteiger partial charge on any atom is 0.295 e. The number of carbonyl (C=O) groups excluding carboxylic acids is 2. The van der Waals surface area contributed by atoms with Gasteiger partial charge in [-0.3, -0.25) is 14.5 Å². The fourth-order valence-corrected chi connectivity index (χ4v) is 4.73. The van der Waals surface area contributed by atoms with Gasteiger partial charge in [0, 0.05) is 31.7 Å². The van der Waals surface area contributed by atoms with Crippen LogP contribution in [0.1, 0.15) is 37.4 Å². The molecule has 0 radical (unpaired) electrons. The Morgan fingerprint density at radius 1 is 1.00 bits per heavy atom. The number of methoxy groups -OCH3 is 1. The number of morpholine rings is 1. The molecule has 1 amide bonds. The average molecular weight is 525 g/mol. The van der Waals surface area contributed by atoms with Crippen molar-refractivity contribution in [1.29, 1.82) is 0 Å². The molecule has 2 aromatic carbocycles. The van der Waals surface area contributed by atoms with E-state index < -0.39 is 17.7 Å². The zero-order valence-corrected chi connectivity index (χ0v) is 22.3. The summed E-state index contributed by atoms with van der Waals surface area (Å²) in [6, 6.07) is 11.4. The van der Waals surface area contributed by atoms with Crippen LogP contribution in [0.3, 0.4) is 0 Å². The van der Waals surface area contributed by atoms with Gasteiger partial charge in [0.25, 0.3) is 11.7 Å². The highest BCUT2D eigenvalue weighted by Gasteiger charge is 2.46. The third-order valence-corrected chi connectivity index (χ3v) is 6.71. The van der Waals surface area contributed by atoms with Crippen LogP contribution in [0, 0.1) is 0 Å². The SMILES string of the molecule is CCCOc1ccc(C2/C(=C(\O)c3ccc(OC)cc3)C(=O)C(=O)N2CCN2CCOCC2)cc1OCC. The molecule has 38 heavy (non-hydrogen) atoms. The summed E-state index contributed by atoms with van der Waals surface area (Å²) in [5.41, 5.74) is 1.13. The van der Waals surface area contributed by atoms with Crippen molar-refractivity contribution in [1.82, 2.24) is 9.80 Å². The number of carbonyl (C=O) groups is 2. The monoisotopic (exact) mass is 524 g/mol. The summed E-state index contributed by atoms with van der Waals surface area (Å²) in [5, 5.41) is 11.3. The quantitative estimate of drug-likeness (QED) is 0.270. The summed E-state index contributed by atoms with van der Waals surface area (Å²) in [6.07, 6.45) is 0.844. The highest BCUT2D eigenvalue weighted by molar-refractivity contribution is 6.46. The van der Waals surface area contributed by atoms with Crippen molar-refractivity contribution in [2.75, 3.05) is 59.7 Å². The van der Waals surface area contributed by atoms with Gasteiger partial charge in [0.15, 0.2) is 11.5 Å². The molecule has 0 aliphatic carbocycles. The summed E-state index contributed by atoms with van der Waals surface area (Å²) in [4.78, 5) is 30.5. The first-order chi connectivity index (χ1) is 18.5. The van der Waals surface area contributed by atoms with Gasteiger partial charge < -0.3 is 29.0 Å². The predicted molar refractivity (Wildman–Crippen MR) is 143 cm³/mol. The smallest absolute Gasteiger partial charge is 0.295 e. The van der Waals surface area contributed by atoms with Crippen LogP contribution in [0.5, 0.6) is 17.2 Å². The molecule has 2 heterocycles. The Hall–Kier alpha value is -3.56. The van der Waals surface area contributed by atoms with Crippen LogP contribution < -0.4 is 14.2 Å². The van der Waals surface area contributed by atoms with Gasteiger partial charge in [-0.2, -0.15) is 0 Å². The molecule has 204 valence electrons. The number of benzene rings is 2. The zero-order valence-electron chi connectivity index (χ0n) is 22.3. The first kappa shape index (κ1) is 27.5. The molecule has 2 aliphatic rings. The minimum Gasteiger partial charge on any atom is -0.507 e. The number of rotatable bonds is 11. The van der Waals surface area contributed by atoms with Crippen molar-refractivity contribution < 1.29 is 33.6 Å². The van der Waals surface area contributed by atoms with Gasteiger partial charge in [-0.25, -0.2) is 0 Å². The molecule has 9 heteroatoms. The number of aliphatic hydroxyl groups is 1. The van der Waals surface area contributed by atoms with Crippen molar-refractivity contribution >= 4 is 17.4 Å². The number of amides is 1. The maximum absolute atomic E-state index is 13.4. The summed E-state index contributed by atoms with van der Waals surface area (Å²) in [6.45, 7) is 8.58. The Bertz CT molecular complexity index is 1160. The number of nitrogens with zero attached hydrogens (tertiary/aromatic N) is 2. The molecule has 1 atom stereocenters. The van der Waals surface area contributed by atoms with Gasteiger partial charge in [0.1, 0.15) is 11.5 Å². The molecule has 9 nitrogen and oxygen atoms in total. The van der Waals surface area contributed by atoms with Crippen molar-refractivity contribution in [2.45, 2.75) is 26.3 Å². The highest BCUT2D eigenvalue weighted by atomic mass is 16.5. The first-order valence-corrected chi connectivity index (χ1v) is 13.1. The molecular weight excluding hydrogens is 488 g/mol.